The van der Waals surface area contributed by atoms with Crippen LogP contribution in [0.4, 0.5) is 0 Å². The molecule has 0 saturated heterocycles. The van der Waals surface area contributed by atoms with Crippen LogP contribution in [0.3, 0.4) is 0 Å². The summed E-state index contributed by atoms with van der Waals surface area (Å²) in [5.74, 6) is 5.66. The van der Waals surface area contributed by atoms with Crippen molar-refractivity contribution in [3.05, 3.63) is 34.3 Å². The Labute approximate surface area is 115 Å². The second-order valence-corrected chi connectivity index (χ2v) is 4.83. The van der Waals surface area contributed by atoms with E-state index in [0.717, 1.165) is 11.8 Å². The molecule has 0 heterocycles. The number of benzene rings is 1. The van der Waals surface area contributed by atoms with E-state index in [9.17, 15) is 9.59 Å². The molecule has 5 heteroatoms. The van der Waals surface area contributed by atoms with Crippen molar-refractivity contribution in [3.8, 4) is 11.8 Å². The maximum absolute atomic E-state index is 11.3. The fraction of sp³-hybridized carbons (Fsp3) is 0.231. The molecule has 94 valence electrons. The van der Waals surface area contributed by atoms with Gasteiger partial charge in [-0.05, 0) is 18.2 Å². The molecule has 0 amide bonds. The van der Waals surface area contributed by atoms with Gasteiger partial charge in [-0.2, -0.15) is 0 Å². The number of hydrogen-bond donors (Lipinski definition) is 0. The lowest BCUT2D eigenvalue weighted by Crippen LogP contribution is -2.01. The first-order valence-corrected chi connectivity index (χ1v) is 6.41. The summed E-state index contributed by atoms with van der Waals surface area (Å²) in [4.78, 5) is 22.0. The van der Waals surface area contributed by atoms with Crippen LogP contribution in [0.15, 0.2) is 18.2 Å². The molecule has 18 heavy (non-hydrogen) atoms. The average molecular weight is 283 g/mol. The van der Waals surface area contributed by atoms with Crippen molar-refractivity contribution in [1.29, 1.82) is 0 Å². The molecule has 0 N–H and O–H groups in total. The first-order valence-electron chi connectivity index (χ1n) is 5.04. The molecule has 0 unspecified atom stereocenters. The number of halogens is 1. The van der Waals surface area contributed by atoms with Crippen molar-refractivity contribution in [2.45, 2.75) is 6.92 Å². The summed E-state index contributed by atoms with van der Waals surface area (Å²) < 4.78 is 4.58. The minimum Gasteiger partial charge on any atom is -0.465 e. The Morgan fingerprint density at radius 3 is 2.72 bits per heavy atom. The minimum atomic E-state index is -0.480. The summed E-state index contributed by atoms with van der Waals surface area (Å²) in [5.41, 5.74) is 1.000. The van der Waals surface area contributed by atoms with E-state index < -0.39 is 5.97 Å². The molecule has 1 rings (SSSR count). The Hall–Kier alpha value is -1.44. The van der Waals surface area contributed by atoms with Crippen LogP contribution in [-0.2, 0) is 9.53 Å². The lowest BCUT2D eigenvalue weighted by Gasteiger charge is -2.01. The molecule has 0 spiro atoms. The number of carbonyl (C=O) groups excluding carboxylic acids is 2. The average Bonchev–Trinajstić information content (AvgIpc) is 2.33. The molecule has 0 aliphatic heterocycles. The predicted molar refractivity (Wildman–Crippen MR) is 72.8 cm³/mol. The van der Waals surface area contributed by atoms with Crippen LogP contribution in [0.2, 0.25) is 5.02 Å². The van der Waals surface area contributed by atoms with Gasteiger partial charge in [-0.3, -0.25) is 4.79 Å². The van der Waals surface area contributed by atoms with E-state index >= 15 is 0 Å². The molecule has 1 aromatic rings. The third-order valence-electron chi connectivity index (χ3n) is 1.95. The maximum atomic E-state index is 11.3. The minimum absolute atomic E-state index is 0.0309. The first-order chi connectivity index (χ1) is 8.54. The Morgan fingerprint density at radius 1 is 1.44 bits per heavy atom. The summed E-state index contributed by atoms with van der Waals surface area (Å²) in [6.07, 6.45) is 0. The molecule has 1 aromatic carbocycles. The quantitative estimate of drug-likeness (QED) is 0.618. The maximum Gasteiger partial charge on any atom is 0.339 e. The highest BCUT2D eigenvalue weighted by molar-refractivity contribution is 8.13. The molecule has 3 nitrogen and oxygen atoms in total. The van der Waals surface area contributed by atoms with Crippen molar-refractivity contribution in [2.24, 2.45) is 0 Å². The summed E-state index contributed by atoms with van der Waals surface area (Å²) in [6, 6.07) is 4.85. The van der Waals surface area contributed by atoms with Gasteiger partial charge >= 0.3 is 5.97 Å². The van der Waals surface area contributed by atoms with E-state index in [4.69, 9.17) is 11.6 Å². The second kappa shape index (κ2) is 7.10. The Bertz CT molecular complexity index is 529. The normalized spacial score (nSPS) is 9.28. The molecular formula is C13H11ClO3S. The van der Waals surface area contributed by atoms with Crippen LogP contribution < -0.4 is 0 Å². The number of carbonyl (C=O) groups is 2. The third-order valence-corrected chi connectivity index (χ3v) is 2.96. The van der Waals surface area contributed by atoms with Gasteiger partial charge in [0.15, 0.2) is 5.12 Å². The van der Waals surface area contributed by atoms with Gasteiger partial charge in [-0.15, -0.1) is 0 Å². The molecule has 0 aliphatic rings. The fourth-order valence-electron chi connectivity index (χ4n) is 1.14. The Balaban J connectivity index is 2.78. The van der Waals surface area contributed by atoms with Gasteiger partial charge in [0.05, 0.1) is 23.4 Å². The molecule has 0 fully saturated rings. The summed E-state index contributed by atoms with van der Waals surface area (Å²) in [6.45, 7) is 1.49. The number of thioether (sulfide) groups is 1. The van der Waals surface area contributed by atoms with E-state index in [0.29, 0.717) is 21.9 Å². The molecule has 0 atom stereocenters. The number of rotatable bonds is 2. The van der Waals surface area contributed by atoms with Crippen LogP contribution in [0.5, 0.6) is 0 Å². The van der Waals surface area contributed by atoms with E-state index in [2.05, 4.69) is 16.6 Å². The Kier molecular flexibility index (Phi) is 5.76. The molecule has 0 aliphatic carbocycles. The van der Waals surface area contributed by atoms with Gasteiger partial charge in [0.2, 0.25) is 0 Å². The predicted octanol–water partition coefficient (Wildman–Crippen LogP) is 2.76. The van der Waals surface area contributed by atoms with Gasteiger partial charge in [-0.25, -0.2) is 4.79 Å². The second-order valence-electron chi connectivity index (χ2n) is 3.27. The van der Waals surface area contributed by atoms with Crippen molar-refractivity contribution in [1.82, 2.24) is 0 Å². The SMILES string of the molecule is COC(=O)c1ccc(C#CCSC(C)=O)cc1Cl. The van der Waals surface area contributed by atoms with Crippen molar-refractivity contribution in [3.63, 3.8) is 0 Å². The van der Waals surface area contributed by atoms with E-state index in [1.54, 1.807) is 18.2 Å². The zero-order chi connectivity index (χ0) is 13.5. The molecule has 0 aromatic heterocycles. The van der Waals surface area contributed by atoms with Crippen molar-refractivity contribution in [2.75, 3.05) is 12.9 Å². The first kappa shape index (κ1) is 14.6. The number of esters is 1. The van der Waals surface area contributed by atoms with Gasteiger partial charge in [-0.1, -0.05) is 35.2 Å². The fourth-order valence-corrected chi connectivity index (χ4v) is 1.75. The number of methoxy groups -OCH3 is 1. The zero-order valence-corrected chi connectivity index (χ0v) is 11.5. The topological polar surface area (TPSA) is 43.4 Å². The van der Waals surface area contributed by atoms with Crippen LogP contribution >= 0.6 is 23.4 Å². The smallest absolute Gasteiger partial charge is 0.339 e. The monoisotopic (exact) mass is 282 g/mol. The van der Waals surface area contributed by atoms with Gasteiger partial charge in [0.1, 0.15) is 0 Å². The van der Waals surface area contributed by atoms with E-state index in [-0.39, 0.29) is 5.12 Å². The van der Waals surface area contributed by atoms with Crippen LogP contribution in [0, 0.1) is 11.8 Å². The van der Waals surface area contributed by atoms with Crippen molar-refractivity contribution >= 4 is 34.4 Å². The molecular weight excluding hydrogens is 272 g/mol. The van der Waals surface area contributed by atoms with Crippen LogP contribution in [0.1, 0.15) is 22.8 Å². The number of ether oxygens (including phenoxy) is 1. The largest absolute Gasteiger partial charge is 0.465 e. The summed E-state index contributed by atoms with van der Waals surface area (Å²) in [5, 5.41) is 0.330. The van der Waals surface area contributed by atoms with Crippen LogP contribution in [-0.4, -0.2) is 23.9 Å². The standard InChI is InChI=1S/C13H11ClO3S/c1-9(15)18-7-3-4-10-5-6-11(12(14)8-10)13(16)17-2/h5-6,8H,7H2,1-2H3. The van der Waals surface area contributed by atoms with Crippen LogP contribution in [0.25, 0.3) is 0 Å². The summed E-state index contributed by atoms with van der Waals surface area (Å²) in [7, 11) is 1.30. The highest BCUT2D eigenvalue weighted by Crippen LogP contribution is 2.18. The van der Waals surface area contributed by atoms with Gasteiger partial charge < -0.3 is 4.74 Å². The van der Waals surface area contributed by atoms with Gasteiger partial charge in [0, 0.05) is 12.5 Å². The van der Waals surface area contributed by atoms with Gasteiger partial charge in [0.25, 0.3) is 0 Å². The highest BCUT2D eigenvalue weighted by atomic mass is 35.5. The molecule has 0 bridgehead atoms. The lowest BCUT2D eigenvalue weighted by molar-refractivity contribution is -0.109. The van der Waals surface area contributed by atoms with E-state index in [1.807, 2.05) is 0 Å². The zero-order valence-electron chi connectivity index (χ0n) is 9.95. The van der Waals surface area contributed by atoms with E-state index in [1.165, 1.54) is 14.0 Å². The highest BCUT2D eigenvalue weighted by Gasteiger charge is 2.09. The summed E-state index contributed by atoms with van der Waals surface area (Å²) >= 11 is 7.09. The Morgan fingerprint density at radius 2 is 2.17 bits per heavy atom. The van der Waals surface area contributed by atoms with Crippen molar-refractivity contribution < 1.29 is 14.3 Å². The lowest BCUT2D eigenvalue weighted by atomic mass is 10.1. The third kappa shape index (κ3) is 4.44. The molecule has 0 saturated carbocycles. The molecule has 0 radical (unpaired) electrons. The number of hydrogen-bond acceptors (Lipinski definition) is 4.